The van der Waals surface area contributed by atoms with Gasteiger partial charge in [0.15, 0.2) is 17.9 Å². The van der Waals surface area contributed by atoms with Crippen LogP contribution in [0.5, 0.6) is 17.2 Å². The van der Waals surface area contributed by atoms with Crippen LogP contribution in [0.15, 0.2) is 42.4 Å². The first-order valence-electron chi connectivity index (χ1n) is 14.2. The van der Waals surface area contributed by atoms with Crippen molar-refractivity contribution in [1.29, 1.82) is 0 Å². The molecule has 1 saturated heterocycles. The lowest BCUT2D eigenvalue weighted by atomic mass is 9.79. The molecule has 0 amide bonds. The van der Waals surface area contributed by atoms with Gasteiger partial charge >= 0.3 is 24.3 Å². The van der Waals surface area contributed by atoms with Crippen molar-refractivity contribution in [2.24, 2.45) is 17.8 Å². The summed E-state index contributed by atoms with van der Waals surface area (Å²) in [5.41, 5.74) is -1.50. The van der Waals surface area contributed by atoms with Gasteiger partial charge < -0.3 is 23.7 Å². The summed E-state index contributed by atoms with van der Waals surface area (Å²) in [4.78, 5) is 0. The minimum Gasteiger partial charge on any atom is -0.432 e. The molecule has 250 valence electrons. The largest absolute Gasteiger partial charge is 0.432 e. The molecule has 2 fully saturated rings. The third-order valence-corrected chi connectivity index (χ3v) is 7.81. The molecule has 1 aliphatic heterocycles. The maximum atomic E-state index is 14.9. The Balaban J connectivity index is 1.32. The molecule has 2 aliphatic rings. The molecule has 0 atom stereocenters. The fourth-order valence-corrected chi connectivity index (χ4v) is 5.20. The zero-order valence-electron chi connectivity index (χ0n) is 23.9. The number of benzene rings is 2. The second kappa shape index (κ2) is 14.5. The van der Waals surface area contributed by atoms with Gasteiger partial charge in [-0.25, -0.2) is 13.2 Å². The van der Waals surface area contributed by atoms with Crippen molar-refractivity contribution in [2.75, 3.05) is 13.2 Å². The standard InChI is InChI=1S/C30H30F10O5/c1-2-16-14-41-25(42-15-16)10-5-17-3-6-18(7-4-17)29(37,38)44-19-8-9-21(22(31)11-19)30(39,40)45-20-12-23(32)26(24(33)13-20)43-28(36)27(34)35/h8-9,11-13,16-18,25H,2-7,10,14-15H2,1H3. The van der Waals surface area contributed by atoms with Gasteiger partial charge in [-0.05, 0) is 63.0 Å². The Labute approximate surface area is 252 Å². The van der Waals surface area contributed by atoms with E-state index in [1.54, 1.807) is 0 Å². The first-order valence-corrected chi connectivity index (χ1v) is 14.2. The van der Waals surface area contributed by atoms with E-state index in [-0.39, 0.29) is 43.2 Å². The summed E-state index contributed by atoms with van der Waals surface area (Å²) in [6.45, 7) is 3.31. The van der Waals surface area contributed by atoms with Crippen LogP contribution in [-0.2, 0) is 15.6 Å². The van der Waals surface area contributed by atoms with Crippen molar-refractivity contribution >= 4 is 0 Å². The normalized spacial score (nSPS) is 22.6. The molecule has 2 aromatic rings. The first kappa shape index (κ1) is 34.7. The first-order chi connectivity index (χ1) is 21.2. The van der Waals surface area contributed by atoms with Gasteiger partial charge in [-0.15, -0.1) is 0 Å². The Morgan fingerprint density at radius 2 is 1.38 bits per heavy atom. The van der Waals surface area contributed by atoms with Crippen LogP contribution in [-0.4, -0.2) is 25.6 Å². The molecule has 15 heteroatoms. The van der Waals surface area contributed by atoms with E-state index >= 15 is 0 Å². The summed E-state index contributed by atoms with van der Waals surface area (Å²) < 4.78 is 163. The predicted molar refractivity (Wildman–Crippen MR) is 138 cm³/mol. The number of ether oxygens (including phenoxy) is 5. The van der Waals surface area contributed by atoms with E-state index in [0.717, 1.165) is 12.8 Å². The van der Waals surface area contributed by atoms with E-state index in [9.17, 15) is 43.9 Å². The van der Waals surface area contributed by atoms with Crippen LogP contribution in [0, 0.1) is 35.2 Å². The lowest BCUT2D eigenvalue weighted by molar-refractivity contribution is -0.224. The van der Waals surface area contributed by atoms with Gasteiger partial charge in [-0.1, -0.05) is 6.92 Å². The average Bonchev–Trinajstić information content (AvgIpc) is 2.97. The van der Waals surface area contributed by atoms with E-state index in [1.807, 2.05) is 0 Å². The van der Waals surface area contributed by atoms with Crippen molar-refractivity contribution in [1.82, 2.24) is 0 Å². The highest BCUT2D eigenvalue weighted by Crippen LogP contribution is 2.43. The molecule has 0 N–H and O–H groups in total. The molecule has 0 spiro atoms. The van der Waals surface area contributed by atoms with E-state index in [0.29, 0.717) is 50.5 Å². The molecule has 5 nitrogen and oxygen atoms in total. The maximum Gasteiger partial charge on any atom is 0.429 e. The average molecular weight is 661 g/mol. The summed E-state index contributed by atoms with van der Waals surface area (Å²) >= 11 is 0. The van der Waals surface area contributed by atoms with Crippen molar-refractivity contribution in [3.8, 4) is 17.2 Å². The third kappa shape index (κ3) is 8.96. The van der Waals surface area contributed by atoms with Crippen LogP contribution in [0.3, 0.4) is 0 Å². The Bertz CT molecular complexity index is 1310. The van der Waals surface area contributed by atoms with Crippen molar-refractivity contribution in [3.05, 3.63) is 65.4 Å². The molecule has 0 bridgehead atoms. The Hall–Kier alpha value is -3.20. The predicted octanol–water partition coefficient (Wildman–Crippen LogP) is 9.60. The van der Waals surface area contributed by atoms with Crippen LogP contribution in [0.4, 0.5) is 43.9 Å². The fraction of sp³-hybridized carbons (Fsp3) is 0.533. The Morgan fingerprint density at radius 1 is 0.778 bits per heavy atom. The zero-order chi connectivity index (χ0) is 32.9. The molecular weight excluding hydrogens is 630 g/mol. The smallest absolute Gasteiger partial charge is 0.429 e. The molecule has 1 aliphatic carbocycles. The lowest BCUT2D eigenvalue weighted by Gasteiger charge is -2.34. The fourth-order valence-electron chi connectivity index (χ4n) is 5.20. The Morgan fingerprint density at radius 3 is 1.93 bits per heavy atom. The summed E-state index contributed by atoms with van der Waals surface area (Å²) in [6.07, 6.45) is -8.09. The van der Waals surface area contributed by atoms with Crippen LogP contribution in [0.1, 0.15) is 57.4 Å². The second-order valence-electron chi connectivity index (χ2n) is 10.9. The number of hydrogen-bond donors (Lipinski definition) is 0. The van der Waals surface area contributed by atoms with Gasteiger partial charge in [0.05, 0.1) is 19.1 Å². The van der Waals surface area contributed by atoms with E-state index < -0.39 is 70.5 Å². The molecule has 1 heterocycles. The van der Waals surface area contributed by atoms with Gasteiger partial charge in [0.2, 0.25) is 5.75 Å². The van der Waals surface area contributed by atoms with Crippen molar-refractivity contribution in [2.45, 2.75) is 70.4 Å². The minimum atomic E-state index is -4.60. The van der Waals surface area contributed by atoms with E-state index in [2.05, 4.69) is 16.4 Å². The molecule has 1 saturated carbocycles. The number of hydrogen-bond acceptors (Lipinski definition) is 5. The number of rotatable bonds is 12. The van der Waals surface area contributed by atoms with Crippen LogP contribution >= 0.6 is 0 Å². The van der Waals surface area contributed by atoms with Crippen molar-refractivity contribution < 1.29 is 67.6 Å². The zero-order valence-corrected chi connectivity index (χ0v) is 23.9. The van der Waals surface area contributed by atoms with Gasteiger partial charge in [-0.3, -0.25) is 0 Å². The van der Waals surface area contributed by atoms with E-state index in [4.69, 9.17) is 14.2 Å². The van der Waals surface area contributed by atoms with Crippen molar-refractivity contribution in [3.63, 3.8) is 0 Å². The monoisotopic (exact) mass is 660 g/mol. The molecule has 0 unspecified atom stereocenters. The highest BCUT2D eigenvalue weighted by atomic mass is 19.3. The Kier molecular flexibility index (Phi) is 11.2. The summed E-state index contributed by atoms with van der Waals surface area (Å²) in [7, 11) is 0. The summed E-state index contributed by atoms with van der Waals surface area (Å²) in [6, 6.07) is -1.18. The van der Waals surface area contributed by atoms with Gasteiger partial charge in [-0.2, -0.15) is 30.7 Å². The molecule has 0 aromatic heterocycles. The third-order valence-electron chi connectivity index (χ3n) is 7.81. The minimum absolute atomic E-state index is 0.0551. The maximum absolute atomic E-state index is 14.9. The number of halogens is 10. The summed E-state index contributed by atoms with van der Waals surface area (Å²) in [5.74, 6) is -9.84. The molecule has 0 radical (unpaired) electrons. The highest BCUT2D eigenvalue weighted by molar-refractivity contribution is 5.37. The molecule has 4 rings (SSSR count). The topological polar surface area (TPSA) is 46.2 Å². The SMILES string of the molecule is CCC1COC(CCC2CCC(C(F)(F)Oc3ccc(C(F)(F)Oc4cc(F)c(OC(F)=C(F)F)c(F)c4)c(F)c3)CC2)OC1. The van der Waals surface area contributed by atoms with Gasteiger partial charge in [0.25, 0.3) is 0 Å². The van der Waals surface area contributed by atoms with Gasteiger partial charge in [0, 0.05) is 24.1 Å². The quantitative estimate of drug-likeness (QED) is 0.168. The second-order valence-corrected chi connectivity index (χ2v) is 10.9. The lowest BCUT2D eigenvalue weighted by Crippen LogP contribution is -2.37. The molecule has 2 aromatic carbocycles. The van der Waals surface area contributed by atoms with E-state index in [1.165, 1.54) is 0 Å². The van der Waals surface area contributed by atoms with Gasteiger partial charge in [0.1, 0.15) is 22.9 Å². The molecule has 45 heavy (non-hydrogen) atoms. The highest BCUT2D eigenvalue weighted by Gasteiger charge is 2.45. The summed E-state index contributed by atoms with van der Waals surface area (Å²) in [5, 5.41) is 0. The van der Waals surface area contributed by atoms with Crippen LogP contribution < -0.4 is 14.2 Å². The van der Waals surface area contributed by atoms with Crippen LogP contribution in [0.2, 0.25) is 0 Å². The molecular formula is C30H30F10O5. The van der Waals surface area contributed by atoms with Crippen LogP contribution in [0.25, 0.3) is 0 Å². The number of alkyl halides is 4.